The van der Waals surface area contributed by atoms with Crippen LogP contribution in [0.4, 0.5) is 4.39 Å². The van der Waals surface area contributed by atoms with Gasteiger partial charge in [-0.3, -0.25) is 9.59 Å². The maximum Gasteiger partial charge on any atom is 0.260 e. The normalized spacial score (nSPS) is 11.4. The van der Waals surface area contributed by atoms with Crippen molar-refractivity contribution in [2.45, 2.75) is 32.0 Å². The summed E-state index contributed by atoms with van der Waals surface area (Å²) in [6, 6.07) is 7.93. The van der Waals surface area contributed by atoms with Crippen LogP contribution in [0, 0.1) is 19.7 Å². The molecule has 1 N–H and O–H groups in total. The van der Waals surface area contributed by atoms with E-state index in [-0.39, 0.29) is 22.9 Å². The molecule has 0 aliphatic carbocycles. The first-order valence-corrected chi connectivity index (χ1v) is 12.3. The Morgan fingerprint density at radius 1 is 1.27 bits per heavy atom. The van der Waals surface area contributed by atoms with Crippen molar-refractivity contribution >= 4 is 39.1 Å². The number of aryl methyl sites for hydroxylation is 1. The van der Waals surface area contributed by atoms with Gasteiger partial charge in [0.25, 0.3) is 5.56 Å². The van der Waals surface area contributed by atoms with Gasteiger partial charge in [0.1, 0.15) is 10.6 Å². The van der Waals surface area contributed by atoms with Gasteiger partial charge in [-0.2, -0.15) is 0 Å². The smallest absolute Gasteiger partial charge is 0.260 e. The summed E-state index contributed by atoms with van der Waals surface area (Å²) in [6.07, 6.45) is 0.876. The molecule has 0 bridgehead atoms. The number of nitrogens with one attached hydrogen (secondary N) is 1. The molecule has 0 amide bonds. The van der Waals surface area contributed by atoms with Crippen molar-refractivity contribution in [3.63, 3.8) is 0 Å². The van der Waals surface area contributed by atoms with Crippen molar-refractivity contribution in [3.05, 3.63) is 68.8 Å². The number of aromatic nitrogens is 3. The average Bonchev–Trinajstić information content (AvgIpc) is 3.35. The number of ether oxygens (including phenoxy) is 1. The molecule has 0 saturated heterocycles. The molecule has 0 unspecified atom stereocenters. The second-order valence-electron chi connectivity index (χ2n) is 7.70. The molecule has 0 atom stereocenters. The summed E-state index contributed by atoms with van der Waals surface area (Å²) in [5.74, 6) is -0.163. The Morgan fingerprint density at radius 3 is 2.76 bits per heavy atom. The van der Waals surface area contributed by atoms with Gasteiger partial charge >= 0.3 is 0 Å². The maximum absolute atomic E-state index is 13.3. The monoisotopic (exact) mass is 485 g/mol. The number of ketones is 1. The number of aromatic amines is 1. The Kier molecular flexibility index (Phi) is 7.11. The van der Waals surface area contributed by atoms with Gasteiger partial charge in [-0.15, -0.1) is 11.3 Å². The summed E-state index contributed by atoms with van der Waals surface area (Å²) in [7, 11) is 1.68. The number of hydrogen-bond donors (Lipinski definition) is 1. The van der Waals surface area contributed by atoms with Crippen LogP contribution in [0.15, 0.2) is 45.7 Å². The Balaban J connectivity index is 1.51. The van der Waals surface area contributed by atoms with E-state index in [1.54, 1.807) is 19.2 Å². The standard InChI is InChI=1S/C24H24FN3O3S2/c1-14-11-18(15(2)28(14)9-4-10-31-3)20(29)13-33-24-26-22(30)21-19(12-32-23(21)27-24)16-5-7-17(25)8-6-16/h5-8,11-12H,4,9-10,13H2,1-3H3,(H,26,27,30). The quantitative estimate of drug-likeness (QED) is 0.152. The van der Waals surface area contributed by atoms with Crippen molar-refractivity contribution in [1.82, 2.24) is 14.5 Å². The van der Waals surface area contributed by atoms with Gasteiger partial charge in [-0.1, -0.05) is 23.9 Å². The summed E-state index contributed by atoms with van der Waals surface area (Å²) in [4.78, 5) is 33.6. The highest BCUT2D eigenvalue weighted by atomic mass is 32.2. The zero-order valence-corrected chi connectivity index (χ0v) is 20.2. The van der Waals surface area contributed by atoms with Crippen molar-refractivity contribution < 1.29 is 13.9 Å². The van der Waals surface area contributed by atoms with Crippen LogP contribution in [0.5, 0.6) is 0 Å². The first-order chi connectivity index (χ1) is 15.9. The lowest BCUT2D eigenvalue weighted by molar-refractivity contribution is 0.102. The fraction of sp³-hybridized carbons (Fsp3) is 0.292. The number of thioether (sulfide) groups is 1. The first-order valence-electron chi connectivity index (χ1n) is 10.5. The van der Waals surface area contributed by atoms with E-state index in [2.05, 4.69) is 14.5 Å². The third-order valence-electron chi connectivity index (χ3n) is 5.52. The highest BCUT2D eigenvalue weighted by Crippen LogP contribution is 2.31. The van der Waals surface area contributed by atoms with E-state index >= 15 is 0 Å². The van der Waals surface area contributed by atoms with E-state index in [0.29, 0.717) is 27.5 Å². The van der Waals surface area contributed by atoms with Gasteiger partial charge in [-0.05, 0) is 44.0 Å². The van der Waals surface area contributed by atoms with Crippen LogP contribution in [0.25, 0.3) is 21.3 Å². The second kappa shape index (κ2) is 10.0. The average molecular weight is 486 g/mol. The number of H-pyrrole nitrogens is 1. The molecule has 4 aromatic rings. The van der Waals surface area contributed by atoms with Gasteiger partial charge in [-0.25, -0.2) is 9.37 Å². The van der Waals surface area contributed by atoms with Crippen molar-refractivity contribution in [2.24, 2.45) is 0 Å². The van der Waals surface area contributed by atoms with Gasteiger partial charge in [0.05, 0.1) is 11.1 Å². The van der Waals surface area contributed by atoms with Crippen molar-refractivity contribution in [2.75, 3.05) is 19.5 Å². The number of benzene rings is 1. The van der Waals surface area contributed by atoms with Crippen LogP contribution in [0.1, 0.15) is 28.2 Å². The number of carbonyl (C=O) groups is 1. The van der Waals surface area contributed by atoms with Crippen LogP contribution in [-0.2, 0) is 11.3 Å². The number of thiophene rings is 1. The fourth-order valence-corrected chi connectivity index (χ4v) is 5.60. The Bertz CT molecular complexity index is 1360. The number of nitrogens with zero attached hydrogens (tertiary/aromatic N) is 2. The molecule has 0 aliphatic heterocycles. The topological polar surface area (TPSA) is 77.0 Å². The van der Waals surface area contributed by atoms with Crippen LogP contribution in [0.3, 0.4) is 0 Å². The summed E-state index contributed by atoms with van der Waals surface area (Å²) < 4.78 is 20.5. The zero-order chi connectivity index (χ0) is 23.5. The number of rotatable bonds is 9. The van der Waals surface area contributed by atoms with E-state index in [1.807, 2.05) is 25.3 Å². The minimum absolute atomic E-state index is 0.00739. The molecule has 3 aromatic heterocycles. The van der Waals surface area contributed by atoms with Crippen LogP contribution in [0.2, 0.25) is 0 Å². The van der Waals surface area contributed by atoms with E-state index in [0.717, 1.165) is 35.5 Å². The fourth-order valence-electron chi connectivity index (χ4n) is 3.85. The SMILES string of the molecule is COCCCn1c(C)cc(C(=O)CSc2nc3scc(-c4ccc(F)cc4)c3c(=O)[nH]2)c1C. The first kappa shape index (κ1) is 23.4. The number of hydrogen-bond acceptors (Lipinski definition) is 6. The minimum Gasteiger partial charge on any atom is -0.385 e. The predicted molar refractivity (Wildman–Crippen MR) is 131 cm³/mol. The number of Topliss-reactive ketones (excluding diaryl/α,β-unsaturated/α-hetero) is 1. The summed E-state index contributed by atoms with van der Waals surface area (Å²) >= 11 is 2.57. The summed E-state index contributed by atoms with van der Waals surface area (Å²) in [5.41, 5.74) is 3.87. The van der Waals surface area contributed by atoms with Crippen molar-refractivity contribution in [3.8, 4) is 11.1 Å². The van der Waals surface area contributed by atoms with Gasteiger partial charge < -0.3 is 14.3 Å². The number of methoxy groups -OCH3 is 1. The van der Waals surface area contributed by atoms with Crippen molar-refractivity contribution in [1.29, 1.82) is 0 Å². The lowest BCUT2D eigenvalue weighted by atomic mass is 10.1. The van der Waals surface area contributed by atoms with Crippen LogP contribution >= 0.6 is 23.1 Å². The van der Waals surface area contributed by atoms with Gasteiger partial charge in [0, 0.05) is 48.2 Å². The molecule has 172 valence electrons. The lowest BCUT2D eigenvalue weighted by Gasteiger charge is -2.09. The molecular weight excluding hydrogens is 461 g/mol. The minimum atomic E-state index is -0.329. The van der Waals surface area contributed by atoms with Gasteiger partial charge in [0.2, 0.25) is 0 Å². The Labute approximate surface area is 198 Å². The molecule has 9 heteroatoms. The lowest BCUT2D eigenvalue weighted by Crippen LogP contribution is -2.11. The molecule has 1 aromatic carbocycles. The van der Waals surface area contributed by atoms with Crippen LogP contribution < -0.4 is 5.56 Å². The Hall–Kier alpha value is -2.75. The van der Waals surface area contributed by atoms with E-state index in [4.69, 9.17) is 4.74 Å². The number of halogens is 1. The molecule has 0 radical (unpaired) electrons. The summed E-state index contributed by atoms with van der Waals surface area (Å²) in [6.45, 7) is 5.41. The zero-order valence-electron chi connectivity index (χ0n) is 18.6. The molecule has 0 saturated carbocycles. The molecule has 0 fully saturated rings. The number of carbonyl (C=O) groups excluding carboxylic acids is 1. The molecule has 33 heavy (non-hydrogen) atoms. The third kappa shape index (κ3) is 4.95. The van der Waals surface area contributed by atoms with E-state index < -0.39 is 0 Å². The second-order valence-corrected chi connectivity index (χ2v) is 9.52. The molecule has 0 aliphatic rings. The molecule has 6 nitrogen and oxygen atoms in total. The summed E-state index contributed by atoms with van der Waals surface area (Å²) in [5, 5.41) is 2.72. The largest absolute Gasteiger partial charge is 0.385 e. The third-order valence-corrected chi connectivity index (χ3v) is 7.27. The van der Waals surface area contributed by atoms with Crippen LogP contribution in [-0.4, -0.2) is 39.8 Å². The molecule has 3 heterocycles. The predicted octanol–water partition coefficient (Wildman–Crippen LogP) is 5.22. The number of fused-ring (bicyclic) bond motifs is 1. The van der Waals surface area contributed by atoms with E-state index in [1.165, 1.54) is 35.2 Å². The molecule has 4 rings (SSSR count). The highest BCUT2D eigenvalue weighted by molar-refractivity contribution is 7.99. The maximum atomic E-state index is 13.3. The highest BCUT2D eigenvalue weighted by Gasteiger charge is 2.18. The molecule has 0 spiro atoms. The molecular formula is C24H24FN3O3S2. The van der Waals surface area contributed by atoms with E-state index in [9.17, 15) is 14.0 Å². The Morgan fingerprint density at radius 2 is 2.03 bits per heavy atom. The van der Waals surface area contributed by atoms with Gasteiger partial charge in [0.15, 0.2) is 10.9 Å².